The Morgan fingerprint density at radius 3 is 2.47 bits per heavy atom. The molecule has 2 aliphatic rings. The van der Waals surface area contributed by atoms with Crippen molar-refractivity contribution < 1.29 is 19.4 Å². The van der Waals surface area contributed by atoms with Crippen molar-refractivity contribution in [1.82, 2.24) is 9.55 Å². The number of nitrogens with zero attached hydrogens (tertiary/aromatic N) is 3. The summed E-state index contributed by atoms with van der Waals surface area (Å²) in [6.45, 7) is 4.28. The van der Waals surface area contributed by atoms with Crippen LogP contribution >= 0.6 is 0 Å². The van der Waals surface area contributed by atoms with Crippen molar-refractivity contribution in [3.8, 4) is 0 Å². The van der Waals surface area contributed by atoms with Crippen LogP contribution in [0.25, 0.3) is 11.0 Å². The van der Waals surface area contributed by atoms with Crippen molar-refractivity contribution in [2.24, 2.45) is 5.92 Å². The topological polar surface area (TPSA) is 84.7 Å². The molecule has 2 heterocycles. The second-order valence-electron chi connectivity index (χ2n) is 10.4. The maximum Gasteiger partial charge on any atom is 0.414 e. The van der Waals surface area contributed by atoms with Crippen LogP contribution < -0.4 is 4.90 Å². The number of fused-ring (bicyclic) bond motifs is 3. The maximum absolute atomic E-state index is 12.6. The molecule has 7 nitrogen and oxygen atoms in total. The van der Waals surface area contributed by atoms with Crippen LogP contribution in [0.2, 0.25) is 0 Å². The van der Waals surface area contributed by atoms with Crippen molar-refractivity contribution in [3.63, 3.8) is 0 Å². The first-order valence-corrected chi connectivity index (χ1v) is 13.1. The normalized spacial score (nSPS) is 22.8. The summed E-state index contributed by atoms with van der Waals surface area (Å²) in [6.07, 6.45) is 5.28. The molecule has 0 saturated heterocycles. The molecule has 36 heavy (non-hydrogen) atoms. The maximum atomic E-state index is 12.6. The van der Waals surface area contributed by atoms with Gasteiger partial charge < -0.3 is 14.4 Å². The summed E-state index contributed by atoms with van der Waals surface area (Å²) < 4.78 is 7.49. The molecule has 2 aromatic carbocycles. The number of hydrogen-bond acceptors (Lipinski definition) is 4. The second-order valence-corrected chi connectivity index (χ2v) is 10.4. The van der Waals surface area contributed by atoms with Crippen molar-refractivity contribution in [2.75, 3.05) is 12.0 Å². The van der Waals surface area contributed by atoms with E-state index in [1.807, 2.05) is 12.1 Å². The third-order valence-corrected chi connectivity index (χ3v) is 8.09. The average molecular weight is 490 g/mol. The standard InChI is InChI=1S/C29H35N3O4/c1-18(17-20-7-5-4-6-8-20)27-30-26-23-14-9-19(2)31(29(35)36-3)24(23)15-16-25(26)32(27)22-12-10-21(11-13-22)28(33)34/h4-8,15-16,18-19,21-22H,9-14,17H2,1-3H3,(H,33,34)/t18-,19-,21?,22?/m0/s1. The van der Waals surface area contributed by atoms with Gasteiger partial charge >= 0.3 is 12.1 Å². The van der Waals surface area contributed by atoms with E-state index in [0.717, 1.165) is 60.2 Å². The molecule has 0 radical (unpaired) electrons. The van der Waals surface area contributed by atoms with E-state index in [2.05, 4.69) is 48.7 Å². The van der Waals surface area contributed by atoms with Gasteiger partial charge in [-0.05, 0) is 69.6 Å². The summed E-state index contributed by atoms with van der Waals surface area (Å²) in [4.78, 5) is 31.2. The minimum Gasteiger partial charge on any atom is -0.481 e. The lowest BCUT2D eigenvalue weighted by Gasteiger charge is -2.34. The fraction of sp³-hybridized carbons (Fsp3) is 0.483. The molecule has 1 aliphatic heterocycles. The number of carbonyl (C=O) groups excluding carboxylic acids is 1. The van der Waals surface area contributed by atoms with Gasteiger partial charge in [0.25, 0.3) is 0 Å². The Bertz CT molecular complexity index is 1260. The first-order valence-electron chi connectivity index (χ1n) is 13.1. The lowest BCUT2D eigenvalue weighted by molar-refractivity contribution is -0.143. The number of carbonyl (C=O) groups is 2. The molecule has 0 bridgehead atoms. The van der Waals surface area contributed by atoms with E-state index >= 15 is 0 Å². The molecule has 1 amide bonds. The predicted octanol–water partition coefficient (Wildman–Crippen LogP) is 6.11. The van der Waals surface area contributed by atoms with Crippen molar-refractivity contribution in [3.05, 3.63) is 59.4 Å². The first kappa shape index (κ1) is 24.3. The Balaban J connectivity index is 1.60. The Hall–Kier alpha value is -3.35. The number of methoxy groups -OCH3 is 1. The van der Waals surface area contributed by atoms with Crippen LogP contribution in [0.3, 0.4) is 0 Å². The lowest BCUT2D eigenvalue weighted by Crippen LogP contribution is -2.42. The minimum atomic E-state index is -0.687. The van der Waals surface area contributed by atoms with Gasteiger partial charge in [-0.2, -0.15) is 0 Å². The molecule has 0 spiro atoms. The molecule has 3 aromatic rings. The van der Waals surface area contributed by atoms with Gasteiger partial charge in [0.1, 0.15) is 5.82 Å². The van der Waals surface area contributed by atoms with Crippen molar-refractivity contribution in [1.29, 1.82) is 0 Å². The van der Waals surface area contributed by atoms with Gasteiger partial charge in [-0.25, -0.2) is 9.78 Å². The predicted molar refractivity (Wildman–Crippen MR) is 140 cm³/mol. The van der Waals surface area contributed by atoms with Crippen LogP contribution in [0, 0.1) is 5.92 Å². The van der Waals surface area contributed by atoms with Crippen molar-refractivity contribution >= 4 is 28.8 Å². The van der Waals surface area contributed by atoms with Gasteiger partial charge in [0, 0.05) is 23.6 Å². The van der Waals surface area contributed by atoms with Gasteiger partial charge in [-0.15, -0.1) is 0 Å². The van der Waals surface area contributed by atoms with E-state index in [1.165, 1.54) is 12.7 Å². The number of anilines is 1. The number of carboxylic acid groups (broad SMARTS) is 1. The highest BCUT2D eigenvalue weighted by molar-refractivity contribution is 5.95. The Labute approximate surface area is 212 Å². The van der Waals surface area contributed by atoms with E-state index in [9.17, 15) is 14.7 Å². The van der Waals surface area contributed by atoms with Crippen LogP contribution in [0.5, 0.6) is 0 Å². The van der Waals surface area contributed by atoms with Crippen LogP contribution in [0.4, 0.5) is 10.5 Å². The number of amides is 1. The number of carboxylic acids is 1. The quantitative estimate of drug-likeness (QED) is 0.468. The van der Waals surface area contributed by atoms with E-state index < -0.39 is 5.97 Å². The number of aromatic nitrogens is 2. The number of rotatable bonds is 5. The molecular weight excluding hydrogens is 454 g/mol. The van der Waals surface area contributed by atoms with Crippen LogP contribution in [0.1, 0.15) is 74.9 Å². The fourth-order valence-corrected chi connectivity index (χ4v) is 6.16. The molecule has 1 N–H and O–H groups in total. The zero-order valence-corrected chi connectivity index (χ0v) is 21.3. The van der Waals surface area contributed by atoms with Gasteiger partial charge in [0.15, 0.2) is 0 Å². The third kappa shape index (κ3) is 4.36. The number of hydrogen-bond donors (Lipinski definition) is 1. The molecule has 2 atom stereocenters. The highest BCUT2D eigenvalue weighted by Gasteiger charge is 2.34. The summed E-state index contributed by atoms with van der Waals surface area (Å²) >= 11 is 0. The molecule has 5 rings (SSSR count). The smallest absolute Gasteiger partial charge is 0.414 e. The van der Waals surface area contributed by atoms with E-state index in [0.29, 0.717) is 12.8 Å². The van der Waals surface area contributed by atoms with E-state index in [-0.39, 0.29) is 30.0 Å². The summed E-state index contributed by atoms with van der Waals surface area (Å²) in [5.41, 5.74) is 5.30. The van der Waals surface area contributed by atoms with Gasteiger partial charge in [0.05, 0.1) is 29.7 Å². The Morgan fingerprint density at radius 1 is 1.08 bits per heavy atom. The molecule has 1 saturated carbocycles. The highest BCUT2D eigenvalue weighted by Crippen LogP contribution is 2.41. The number of aryl methyl sites for hydroxylation is 1. The van der Waals surface area contributed by atoms with Crippen molar-refractivity contribution in [2.45, 2.75) is 76.8 Å². The van der Waals surface area contributed by atoms with Crippen LogP contribution in [0.15, 0.2) is 42.5 Å². The summed E-state index contributed by atoms with van der Waals surface area (Å²) in [5, 5.41) is 9.52. The average Bonchev–Trinajstić information content (AvgIpc) is 3.29. The van der Waals surface area contributed by atoms with Gasteiger partial charge in [-0.1, -0.05) is 37.3 Å². The summed E-state index contributed by atoms with van der Waals surface area (Å²) in [7, 11) is 1.42. The minimum absolute atomic E-state index is 0.0623. The largest absolute Gasteiger partial charge is 0.481 e. The third-order valence-electron chi connectivity index (χ3n) is 8.09. The molecule has 1 aliphatic carbocycles. The zero-order chi connectivity index (χ0) is 25.4. The zero-order valence-electron chi connectivity index (χ0n) is 21.3. The Kier molecular flexibility index (Phi) is 6.73. The lowest BCUT2D eigenvalue weighted by atomic mass is 9.85. The Morgan fingerprint density at radius 2 is 1.81 bits per heavy atom. The van der Waals surface area contributed by atoms with E-state index in [1.54, 1.807) is 4.90 Å². The molecule has 7 heteroatoms. The van der Waals surface area contributed by atoms with E-state index in [4.69, 9.17) is 9.72 Å². The second kappa shape index (κ2) is 9.96. The number of aliphatic carboxylic acids is 1. The number of ether oxygens (including phenoxy) is 1. The number of imidazole rings is 1. The summed E-state index contributed by atoms with van der Waals surface area (Å²) in [6, 6.07) is 14.9. The monoisotopic (exact) mass is 489 g/mol. The summed E-state index contributed by atoms with van der Waals surface area (Å²) in [5.74, 6) is 0.285. The highest BCUT2D eigenvalue weighted by atomic mass is 16.5. The fourth-order valence-electron chi connectivity index (χ4n) is 6.16. The number of benzene rings is 2. The van der Waals surface area contributed by atoms with Crippen LogP contribution in [-0.4, -0.2) is 39.9 Å². The molecule has 190 valence electrons. The van der Waals surface area contributed by atoms with Gasteiger partial charge in [-0.3, -0.25) is 9.69 Å². The molecule has 0 unspecified atom stereocenters. The first-order chi connectivity index (χ1) is 17.4. The van der Waals surface area contributed by atoms with Gasteiger partial charge in [0.2, 0.25) is 0 Å². The van der Waals surface area contributed by atoms with Crippen LogP contribution in [-0.2, 0) is 22.4 Å². The molecular formula is C29H35N3O4. The SMILES string of the molecule is COC(=O)N1c2ccc3c(nc([C@@H](C)Cc4ccccc4)n3C3CCC(C(=O)O)CC3)c2CC[C@@H]1C. The molecule has 1 aromatic heterocycles. The molecule has 1 fully saturated rings.